The van der Waals surface area contributed by atoms with Crippen LogP contribution in [0, 0.1) is 11.7 Å². The van der Waals surface area contributed by atoms with Crippen molar-refractivity contribution >= 4 is 11.7 Å². The van der Waals surface area contributed by atoms with Crippen molar-refractivity contribution in [3.05, 3.63) is 29.6 Å². The number of rotatable bonds is 7. The molecule has 0 aliphatic rings. The maximum Gasteiger partial charge on any atom is 0.337 e. The molecule has 0 amide bonds. The van der Waals surface area contributed by atoms with Crippen molar-refractivity contribution in [1.82, 2.24) is 0 Å². The molecule has 0 aliphatic heterocycles. The normalized spacial score (nSPS) is 12.5. The molecule has 1 atom stereocenters. The molecule has 0 saturated heterocycles. The average Bonchev–Trinajstić information content (AvgIpc) is 2.30. The molecule has 0 radical (unpaired) electrons. The maximum atomic E-state index is 13.7. The highest BCUT2D eigenvalue weighted by atomic mass is 19.1. The third kappa shape index (κ3) is 4.89. The summed E-state index contributed by atoms with van der Waals surface area (Å²) in [6.07, 6.45) is 3.06. The number of anilines is 1. The molecule has 4 heteroatoms. The lowest BCUT2D eigenvalue weighted by Crippen LogP contribution is -2.18. The molecule has 2 N–H and O–H groups in total. The van der Waals surface area contributed by atoms with Gasteiger partial charge in [0, 0.05) is 6.04 Å². The molecule has 1 aromatic carbocycles. The van der Waals surface area contributed by atoms with Crippen molar-refractivity contribution in [3.8, 4) is 0 Å². The van der Waals surface area contributed by atoms with Crippen LogP contribution in [0.3, 0.4) is 0 Å². The van der Waals surface area contributed by atoms with E-state index in [9.17, 15) is 9.18 Å². The number of nitrogens with one attached hydrogen (secondary N) is 1. The maximum absolute atomic E-state index is 13.7. The summed E-state index contributed by atoms with van der Waals surface area (Å²) in [7, 11) is 0. The zero-order valence-corrected chi connectivity index (χ0v) is 11.7. The van der Waals surface area contributed by atoms with Crippen molar-refractivity contribution in [2.24, 2.45) is 5.92 Å². The van der Waals surface area contributed by atoms with Crippen LogP contribution in [-0.2, 0) is 0 Å². The Morgan fingerprint density at radius 1 is 1.32 bits per heavy atom. The number of carbonyl (C=O) groups is 1. The average molecular weight is 267 g/mol. The zero-order chi connectivity index (χ0) is 14.4. The van der Waals surface area contributed by atoms with Gasteiger partial charge in [-0.15, -0.1) is 0 Å². The largest absolute Gasteiger partial charge is 0.478 e. The van der Waals surface area contributed by atoms with E-state index in [2.05, 4.69) is 19.2 Å². The van der Waals surface area contributed by atoms with Crippen LogP contribution >= 0.6 is 0 Å². The van der Waals surface area contributed by atoms with E-state index in [0.717, 1.165) is 19.3 Å². The Morgan fingerprint density at radius 2 is 2.00 bits per heavy atom. The minimum Gasteiger partial charge on any atom is -0.478 e. The molecule has 0 saturated carbocycles. The molecule has 1 unspecified atom stereocenters. The molecule has 0 bridgehead atoms. The third-order valence-electron chi connectivity index (χ3n) is 3.05. The molecule has 0 aromatic heterocycles. The van der Waals surface area contributed by atoms with Gasteiger partial charge < -0.3 is 10.4 Å². The lowest BCUT2D eigenvalue weighted by molar-refractivity contribution is 0.0697. The number of halogens is 1. The Bertz CT molecular complexity index is 432. The van der Waals surface area contributed by atoms with E-state index in [-0.39, 0.29) is 17.3 Å². The number of benzene rings is 1. The summed E-state index contributed by atoms with van der Waals surface area (Å²) in [6.45, 7) is 6.27. The fourth-order valence-corrected chi connectivity index (χ4v) is 2.00. The topological polar surface area (TPSA) is 49.3 Å². The first-order chi connectivity index (χ1) is 8.91. The van der Waals surface area contributed by atoms with E-state index in [1.54, 1.807) is 0 Å². The zero-order valence-electron chi connectivity index (χ0n) is 11.7. The first-order valence-electron chi connectivity index (χ1n) is 6.70. The van der Waals surface area contributed by atoms with Crippen molar-refractivity contribution in [2.75, 3.05) is 5.32 Å². The van der Waals surface area contributed by atoms with Gasteiger partial charge in [0.2, 0.25) is 0 Å². The molecule has 0 spiro atoms. The number of para-hydroxylation sites is 1. The Labute approximate surface area is 113 Å². The first kappa shape index (κ1) is 15.5. The summed E-state index contributed by atoms with van der Waals surface area (Å²) >= 11 is 0. The highest BCUT2D eigenvalue weighted by Gasteiger charge is 2.15. The number of aromatic carboxylic acids is 1. The second kappa shape index (κ2) is 7.12. The molecular formula is C15H22FNO2. The summed E-state index contributed by atoms with van der Waals surface area (Å²) in [5.74, 6) is -0.984. The lowest BCUT2D eigenvalue weighted by Gasteiger charge is -2.18. The SMILES string of the molecule is CC(C)CCCC(C)Nc1c(F)cccc1C(=O)O. The molecular weight excluding hydrogens is 245 g/mol. The third-order valence-corrected chi connectivity index (χ3v) is 3.05. The van der Waals surface area contributed by atoms with E-state index < -0.39 is 11.8 Å². The van der Waals surface area contributed by atoms with Gasteiger partial charge in [-0.3, -0.25) is 0 Å². The first-order valence-corrected chi connectivity index (χ1v) is 6.70. The highest BCUT2D eigenvalue weighted by Crippen LogP contribution is 2.22. The van der Waals surface area contributed by atoms with E-state index in [1.807, 2.05) is 6.92 Å². The second-order valence-electron chi connectivity index (χ2n) is 5.34. The van der Waals surface area contributed by atoms with Crippen molar-refractivity contribution in [3.63, 3.8) is 0 Å². The van der Waals surface area contributed by atoms with E-state index in [1.165, 1.54) is 18.2 Å². The monoisotopic (exact) mass is 267 g/mol. The summed E-state index contributed by atoms with van der Waals surface area (Å²) < 4.78 is 13.7. The van der Waals surface area contributed by atoms with Gasteiger partial charge in [-0.05, 0) is 31.4 Å². The van der Waals surface area contributed by atoms with Gasteiger partial charge in [0.15, 0.2) is 0 Å². The van der Waals surface area contributed by atoms with Crippen molar-refractivity contribution in [2.45, 2.75) is 46.1 Å². The van der Waals surface area contributed by atoms with Crippen LogP contribution < -0.4 is 5.32 Å². The smallest absolute Gasteiger partial charge is 0.337 e. The molecule has 106 valence electrons. The lowest BCUT2D eigenvalue weighted by atomic mass is 10.0. The fraction of sp³-hybridized carbons (Fsp3) is 0.533. The van der Waals surface area contributed by atoms with Crippen LogP contribution in [0.4, 0.5) is 10.1 Å². The van der Waals surface area contributed by atoms with Crippen LogP contribution in [0.1, 0.15) is 50.4 Å². The minimum absolute atomic E-state index is 0.0179. The molecule has 19 heavy (non-hydrogen) atoms. The molecule has 0 heterocycles. The highest BCUT2D eigenvalue weighted by molar-refractivity contribution is 5.94. The van der Waals surface area contributed by atoms with Crippen LogP contribution in [-0.4, -0.2) is 17.1 Å². The predicted octanol–water partition coefficient (Wildman–Crippen LogP) is 4.15. The van der Waals surface area contributed by atoms with E-state index in [0.29, 0.717) is 5.92 Å². The number of carboxylic acid groups (broad SMARTS) is 1. The van der Waals surface area contributed by atoms with Crippen LogP contribution in [0.25, 0.3) is 0 Å². The number of hydrogen-bond acceptors (Lipinski definition) is 2. The second-order valence-corrected chi connectivity index (χ2v) is 5.34. The summed E-state index contributed by atoms with van der Waals surface area (Å²) in [5.41, 5.74) is 0.0720. The quantitative estimate of drug-likeness (QED) is 0.780. The van der Waals surface area contributed by atoms with E-state index in [4.69, 9.17) is 5.11 Å². The van der Waals surface area contributed by atoms with Gasteiger partial charge in [0.25, 0.3) is 0 Å². The van der Waals surface area contributed by atoms with Gasteiger partial charge in [-0.2, -0.15) is 0 Å². The van der Waals surface area contributed by atoms with Crippen LogP contribution in [0.15, 0.2) is 18.2 Å². The van der Waals surface area contributed by atoms with Crippen molar-refractivity contribution in [1.29, 1.82) is 0 Å². The Balaban J connectivity index is 2.68. The summed E-state index contributed by atoms with van der Waals surface area (Å²) in [6, 6.07) is 4.14. The van der Waals surface area contributed by atoms with E-state index >= 15 is 0 Å². The van der Waals surface area contributed by atoms with Gasteiger partial charge in [0.05, 0.1) is 11.3 Å². The molecule has 0 aliphatic carbocycles. The molecule has 0 fully saturated rings. The van der Waals surface area contributed by atoms with Gasteiger partial charge in [0.1, 0.15) is 5.82 Å². The van der Waals surface area contributed by atoms with Gasteiger partial charge in [-0.1, -0.05) is 32.8 Å². The molecule has 1 aromatic rings. The Morgan fingerprint density at radius 3 is 2.58 bits per heavy atom. The molecule has 1 rings (SSSR count). The summed E-state index contributed by atoms with van der Waals surface area (Å²) in [5, 5.41) is 12.0. The number of hydrogen-bond donors (Lipinski definition) is 2. The predicted molar refractivity (Wildman–Crippen MR) is 75.1 cm³/mol. The standard InChI is InChI=1S/C15H22FNO2/c1-10(2)6-4-7-11(3)17-14-12(15(18)19)8-5-9-13(14)16/h5,8-11,17H,4,6-7H2,1-3H3,(H,18,19). The Hall–Kier alpha value is -1.58. The summed E-state index contributed by atoms with van der Waals surface area (Å²) in [4.78, 5) is 11.1. The van der Waals surface area contributed by atoms with Crippen LogP contribution in [0.5, 0.6) is 0 Å². The minimum atomic E-state index is -1.11. The number of carboxylic acids is 1. The van der Waals surface area contributed by atoms with Gasteiger partial charge in [-0.25, -0.2) is 9.18 Å². The molecule has 3 nitrogen and oxygen atoms in total. The van der Waals surface area contributed by atoms with Crippen molar-refractivity contribution < 1.29 is 14.3 Å². The Kier molecular flexibility index (Phi) is 5.80. The van der Waals surface area contributed by atoms with Crippen LogP contribution in [0.2, 0.25) is 0 Å². The fourth-order valence-electron chi connectivity index (χ4n) is 2.00. The van der Waals surface area contributed by atoms with Gasteiger partial charge >= 0.3 is 5.97 Å².